The zero-order valence-corrected chi connectivity index (χ0v) is 9.44. The summed E-state index contributed by atoms with van der Waals surface area (Å²) >= 11 is 0. The molecule has 0 spiro atoms. The lowest BCUT2D eigenvalue weighted by molar-refractivity contribution is -0.178. The summed E-state index contributed by atoms with van der Waals surface area (Å²) in [5, 5.41) is 52.6. The van der Waals surface area contributed by atoms with Gasteiger partial charge in [0.05, 0.1) is 0 Å². The predicted octanol–water partition coefficient (Wildman–Crippen LogP) is -2.04. The van der Waals surface area contributed by atoms with Crippen molar-refractivity contribution in [3.63, 3.8) is 0 Å². The second kappa shape index (κ2) is 5.63. The zero-order valence-electron chi connectivity index (χ0n) is 9.44. The second-order valence-corrected chi connectivity index (χ2v) is 3.79. The third kappa shape index (κ3) is 3.39. The number of hydrogen-bond acceptors (Lipinski definition) is 6. The van der Waals surface area contributed by atoms with E-state index in [4.69, 9.17) is 20.4 Å². The highest BCUT2D eigenvalue weighted by Crippen LogP contribution is 2.21. The van der Waals surface area contributed by atoms with Crippen molar-refractivity contribution in [3.05, 3.63) is 0 Å². The van der Waals surface area contributed by atoms with Gasteiger partial charge >= 0.3 is 23.9 Å². The molecule has 0 aliphatic rings. The smallest absolute Gasteiger partial charge is 0.347 e. The van der Waals surface area contributed by atoms with E-state index >= 15 is 0 Å². The Labute approximate surface area is 105 Å². The highest BCUT2D eigenvalue weighted by Gasteiger charge is 2.48. The molecule has 0 amide bonds. The van der Waals surface area contributed by atoms with E-state index < -0.39 is 54.3 Å². The van der Waals surface area contributed by atoms with E-state index in [1.54, 1.807) is 0 Å². The normalized spacial score (nSPS) is 11.9. The third-order valence-corrected chi connectivity index (χ3v) is 2.49. The van der Waals surface area contributed by atoms with Gasteiger partial charge in [-0.2, -0.15) is 0 Å². The molecule has 10 nitrogen and oxygen atoms in total. The van der Waals surface area contributed by atoms with Crippen molar-refractivity contribution in [1.29, 1.82) is 0 Å². The van der Waals surface area contributed by atoms with E-state index in [1.165, 1.54) is 0 Å². The zero-order chi connectivity index (χ0) is 15.4. The molecule has 0 saturated heterocycles. The highest BCUT2D eigenvalue weighted by molar-refractivity contribution is 6.02. The Hall–Kier alpha value is -2.20. The molecule has 0 aromatic heterocycles. The summed E-state index contributed by atoms with van der Waals surface area (Å²) in [5.74, 6) is -8.30. The minimum absolute atomic E-state index is 0.649. The Balaban J connectivity index is 4.84. The van der Waals surface area contributed by atoms with Crippen LogP contribution in [0.2, 0.25) is 0 Å². The van der Waals surface area contributed by atoms with Crippen LogP contribution in [0.5, 0.6) is 0 Å². The molecule has 0 atom stereocenters. The van der Waals surface area contributed by atoms with Crippen LogP contribution >= 0.6 is 0 Å². The van der Waals surface area contributed by atoms with Gasteiger partial charge < -0.3 is 30.6 Å². The lowest BCUT2D eigenvalue weighted by Gasteiger charge is -2.21. The molecule has 0 aromatic carbocycles. The van der Waals surface area contributed by atoms with Crippen molar-refractivity contribution in [2.45, 2.75) is 30.5 Å². The number of aliphatic hydroxyl groups is 2. The first kappa shape index (κ1) is 16.8. The number of carbonyl (C=O) groups is 4. The summed E-state index contributed by atoms with van der Waals surface area (Å²) in [5.41, 5.74) is -6.34. The minimum atomic E-state index is -3.17. The van der Waals surface area contributed by atoms with Crippen molar-refractivity contribution in [3.8, 4) is 0 Å². The molecule has 10 heteroatoms. The van der Waals surface area contributed by atoms with Crippen LogP contribution in [0.4, 0.5) is 0 Å². The summed E-state index contributed by atoms with van der Waals surface area (Å²) in [6.45, 7) is 0. The van der Waals surface area contributed by atoms with Gasteiger partial charge in [-0.15, -0.1) is 0 Å². The maximum absolute atomic E-state index is 10.6. The van der Waals surface area contributed by atoms with E-state index in [2.05, 4.69) is 0 Å². The molecule has 0 aromatic rings. The number of hydrogen-bond donors (Lipinski definition) is 6. The number of carboxylic acid groups (broad SMARTS) is 4. The van der Waals surface area contributed by atoms with E-state index in [-0.39, 0.29) is 0 Å². The second-order valence-electron chi connectivity index (χ2n) is 3.79. The van der Waals surface area contributed by atoms with Crippen LogP contribution in [0, 0.1) is 0 Å². The lowest BCUT2D eigenvalue weighted by Crippen LogP contribution is -2.49. The molecular formula is C9H12O10. The van der Waals surface area contributed by atoms with Gasteiger partial charge in [0.15, 0.2) is 0 Å². The third-order valence-electron chi connectivity index (χ3n) is 2.49. The van der Waals surface area contributed by atoms with Crippen molar-refractivity contribution >= 4 is 23.9 Å². The molecule has 0 fully saturated rings. The monoisotopic (exact) mass is 280 g/mol. The van der Waals surface area contributed by atoms with Crippen LogP contribution in [0.1, 0.15) is 19.3 Å². The van der Waals surface area contributed by atoms with Crippen LogP contribution in [-0.4, -0.2) is 65.7 Å². The summed E-state index contributed by atoms with van der Waals surface area (Å²) in [4.78, 5) is 42.2. The van der Waals surface area contributed by atoms with Crippen LogP contribution in [0.3, 0.4) is 0 Å². The van der Waals surface area contributed by atoms with Gasteiger partial charge in [-0.1, -0.05) is 0 Å². The Kier molecular flexibility index (Phi) is 4.98. The quantitative estimate of drug-likeness (QED) is 0.270. The molecule has 0 unspecified atom stereocenters. The molecular weight excluding hydrogens is 268 g/mol. The average molecular weight is 280 g/mol. The average Bonchev–Trinajstić information content (AvgIpc) is 2.27. The minimum Gasteiger partial charge on any atom is -0.479 e. The fraction of sp³-hybridized carbons (Fsp3) is 0.556. The fourth-order valence-corrected chi connectivity index (χ4v) is 1.21. The molecule has 0 bridgehead atoms. The summed E-state index contributed by atoms with van der Waals surface area (Å²) in [7, 11) is 0. The van der Waals surface area contributed by atoms with Crippen molar-refractivity contribution in [2.24, 2.45) is 0 Å². The SMILES string of the molecule is O=C(O)C(O)(CCCC(O)(C(=O)O)C(=O)O)C(=O)O. The molecule has 0 aliphatic heterocycles. The van der Waals surface area contributed by atoms with E-state index in [0.29, 0.717) is 0 Å². The summed E-state index contributed by atoms with van der Waals surface area (Å²) in [6, 6.07) is 0. The van der Waals surface area contributed by atoms with Crippen molar-refractivity contribution in [1.82, 2.24) is 0 Å². The van der Waals surface area contributed by atoms with Gasteiger partial charge in [0.25, 0.3) is 11.2 Å². The van der Waals surface area contributed by atoms with E-state index in [9.17, 15) is 29.4 Å². The molecule has 6 N–H and O–H groups in total. The van der Waals surface area contributed by atoms with Gasteiger partial charge in [0.2, 0.25) is 0 Å². The van der Waals surface area contributed by atoms with E-state index in [1.807, 2.05) is 0 Å². The molecule has 0 rings (SSSR count). The van der Waals surface area contributed by atoms with Crippen molar-refractivity contribution < 1.29 is 49.8 Å². The van der Waals surface area contributed by atoms with Crippen LogP contribution in [-0.2, 0) is 19.2 Å². The van der Waals surface area contributed by atoms with Crippen LogP contribution in [0.25, 0.3) is 0 Å². The van der Waals surface area contributed by atoms with Crippen molar-refractivity contribution in [2.75, 3.05) is 0 Å². The Morgan fingerprint density at radius 2 is 0.842 bits per heavy atom. The first-order chi connectivity index (χ1) is 8.48. The Morgan fingerprint density at radius 1 is 0.632 bits per heavy atom. The lowest BCUT2D eigenvalue weighted by atomic mass is 9.91. The highest BCUT2D eigenvalue weighted by atomic mass is 16.5. The molecule has 0 aliphatic carbocycles. The maximum Gasteiger partial charge on any atom is 0.347 e. The molecule has 0 heterocycles. The maximum atomic E-state index is 10.6. The van der Waals surface area contributed by atoms with Gasteiger partial charge in [0.1, 0.15) is 0 Å². The van der Waals surface area contributed by atoms with Gasteiger partial charge in [-0.05, 0) is 19.3 Å². The first-order valence-electron chi connectivity index (χ1n) is 4.87. The van der Waals surface area contributed by atoms with Gasteiger partial charge in [-0.3, -0.25) is 0 Å². The van der Waals surface area contributed by atoms with Gasteiger partial charge in [0, 0.05) is 0 Å². The Bertz CT molecular complexity index is 345. The molecule has 19 heavy (non-hydrogen) atoms. The first-order valence-corrected chi connectivity index (χ1v) is 4.87. The topological polar surface area (TPSA) is 190 Å². The Morgan fingerprint density at radius 3 is 1.00 bits per heavy atom. The molecule has 0 radical (unpaired) electrons. The molecule has 0 saturated carbocycles. The summed E-state index contributed by atoms with van der Waals surface area (Å²) < 4.78 is 0. The molecule has 108 valence electrons. The predicted molar refractivity (Wildman–Crippen MR) is 54.3 cm³/mol. The largest absolute Gasteiger partial charge is 0.479 e. The standard InChI is InChI=1S/C9H12O10/c10-4(11)8(18,5(12)13)2-1-3-9(19,6(14)15)7(16)17/h18-19H,1-3H2,(H,10,11)(H,12,13)(H,14,15)(H,16,17). The number of carboxylic acids is 4. The van der Waals surface area contributed by atoms with E-state index in [0.717, 1.165) is 0 Å². The van der Waals surface area contributed by atoms with Crippen LogP contribution in [0.15, 0.2) is 0 Å². The fourth-order valence-electron chi connectivity index (χ4n) is 1.21. The van der Waals surface area contributed by atoms with Gasteiger partial charge in [-0.25, -0.2) is 19.2 Å². The van der Waals surface area contributed by atoms with Crippen LogP contribution < -0.4 is 0 Å². The number of rotatable bonds is 8. The number of aliphatic carboxylic acids is 4. The summed E-state index contributed by atoms with van der Waals surface area (Å²) in [6.07, 6.45) is -2.56.